The molecule has 6 aliphatic carbocycles. The molecule has 6 heterocycles. The second-order valence-corrected chi connectivity index (χ2v) is 36.5. The van der Waals surface area contributed by atoms with E-state index < -0.39 is 45.6 Å². The number of aryl methyl sites for hydroxylation is 6. The number of ether oxygens (including phenoxy) is 7. The van der Waals surface area contributed by atoms with Crippen molar-refractivity contribution >= 4 is 106 Å². The van der Waals surface area contributed by atoms with Crippen molar-refractivity contribution in [1.82, 2.24) is 56.5 Å². The van der Waals surface area contributed by atoms with E-state index >= 15 is 0 Å². The summed E-state index contributed by atoms with van der Waals surface area (Å²) in [6, 6.07) is 0. The second-order valence-electron chi connectivity index (χ2n) is 29.2. The summed E-state index contributed by atoms with van der Waals surface area (Å²) in [5.74, 6) is 0.888. The van der Waals surface area contributed by atoms with Gasteiger partial charge in [0.05, 0.1) is 93.7 Å². The normalized spacial score (nSPS) is 23.3. The van der Waals surface area contributed by atoms with Crippen LogP contribution < -0.4 is 33.7 Å². The number of nitrogens with one attached hydrogen (secondary N) is 1. The summed E-state index contributed by atoms with van der Waals surface area (Å²) in [5.41, 5.74) is 0.732. The summed E-state index contributed by atoms with van der Waals surface area (Å²) >= 11 is 0. The van der Waals surface area contributed by atoms with Crippen LogP contribution in [0.2, 0.25) is 0 Å². The van der Waals surface area contributed by atoms with Gasteiger partial charge >= 0.3 is 29.0 Å². The lowest BCUT2D eigenvalue weighted by Crippen LogP contribution is -2.41. The van der Waals surface area contributed by atoms with Crippen LogP contribution in [0.15, 0.2) is 47.7 Å². The van der Waals surface area contributed by atoms with Crippen molar-refractivity contribution in [2.75, 3.05) is 82.6 Å². The van der Waals surface area contributed by atoms with Gasteiger partial charge < -0.3 is 62.2 Å². The highest BCUT2D eigenvalue weighted by Gasteiger charge is 2.30. The third-order valence-corrected chi connectivity index (χ3v) is 22.0. The number of nitrogens with zero attached hydrogens (tertiary/aromatic N) is 11. The fourth-order valence-corrected chi connectivity index (χ4v) is 15.0. The molecule has 4 N–H and O–H groups in total. The maximum Gasteiger partial charge on any atom is 0.332 e. The number of rotatable bonds is 16. The van der Waals surface area contributed by atoms with E-state index in [4.69, 9.17) is 52.1 Å². The van der Waals surface area contributed by atoms with Crippen molar-refractivity contribution in [3.05, 3.63) is 81.5 Å². The van der Waals surface area contributed by atoms with Crippen molar-refractivity contribution < 1.29 is 83.3 Å². The van der Waals surface area contributed by atoms with Gasteiger partial charge in [0.25, 0.3) is 26.8 Å². The first-order chi connectivity index (χ1) is 54.3. The number of aliphatic carboxylic acids is 1. The molecular formula is C73H123Cl3N12O24S3. The molecule has 12 rings (SSSR count). The first-order valence-corrected chi connectivity index (χ1v) is 45.5. The maximum atomic E-state index is 12.6. The molecule has 6 aromatic rings. The van der Waals surface area contributed by atoms with Gasteiger partial charge in [-0.25, -0.2) is 42.0 Å². The van der Waals surface area contributed by atoms with Crippen molar-refractivity contribution in [3.63, 3.8) is 0 Å². The molecule has 42 heteroatoms. The summed E-state index contributed by atoms with van der Waals surface area (Å²) < 4.78 is 102. The number of H-pyrrole nitrogens is 1. The van der Waals surface area contributed by atoms with Crippen LogP contribution in [-0.2, 0) is 131 Å². The number of halogens is 3. The van der Waals surface area contributed by atoms with Gasteiger partial charge in [-0.2, -0.15) is 8.42 Å². The fourth-order valence-electron chi connectivity index (χ4n) is 14.5. The Bertz CT molecular complexity index is 4390. The Morgan fingerprint density at radius 1 is 0.478 bits per heavy atom. The van der Waals surface area contributed by atoms with Crippen LogP contribution in [-0.4, -0.2) is 224 Å². The highest BCUT2D eigenvalue weighted by Crippen LogP contribution is 2.31. The summed E-state index contributed by atoms with van der Waals surface area (Å²) in [7, 11) is 28.4. The molecule has 6 saturated carbocycles. The maximum absolute atomic E-state index is 12.6. The summed E-state index contributed by atoms with van der Waals surface area (Å²) in [6.45, 7) is 1.64. The minimum Gasteiger partial charge on any atom is -0.481 e. The van der Waals surface area contributed by atoms with E-state index in [2.05, 4.69) is 56.7 Å². The van der Waals surface area contributed by atoms with Crippen molar-refractivity contribution in [1.29, 1.82) is 0 Å². The molecule has 0 aromatic carbocycles. The van der Waals surface area contributed by atoms with Crippen LogP contribution >= 0.6 is 32.0 Å². The van der Waals surface area contributed by atoms with E-state index in [-0.39, 0.29) is 40.3 Å². The third-order valence-electron chi connectivity index (χ3n) is 21.4. The zero-order valence-corrected chi connectivity index (χ0v) is 73.9. The second kappa shape index (κ2) is 52.1. The van der Waals surface area contributed by atoms with Gasteiger partial charge in [-0.15, -0.1) is 0 Å². The number of hydrogen-bond acceptors (Lipinski definition) is 26. The molecular weight excluding hydrogens is 1630 g/mol. The van der Waals surface area contributed by atoms with Crippen molar-refractivity contribution in [3.8, 4) is 0 Å². The Morgan fingerprint density at radius 3 is 1.04 bits per heavy atom. The standard InChI is InChI=1S/2C15H22N4O3.C9H18O4S.C9H16O3.C8H14O3.C8H16O2.C7H8N4O2.CH3ClO2S.CH4O.Cl2OS/c2*1-17-9-16-13-12(17)14(20)19(15(21)18(13)2)8-10-4-6-11(22-3)7-5-10;1-12-9-5-3-8(4-6-9)7-13-14(2,10)11;1-11-8-5-3-7(4-6-8)9(10)12-2;1-11-7-4-2-6(3-5-7)8(9)10;1-10-8-4-2-7(6-9)3-5-8;1-10-3-8-5-4(10)6(12)9-7(13)11(5)2;1-5(2,3)4;1-2;1-4(2)3/h2*9-11H,4-8H2,1-3H3;8-9H,3-7H2,1-2H3;7-8H,3-6H2,1-2H3;6-7H,2-5H2,1H3,(H,9,10);7-9H,2-6H2,1H3;3H,1-2H3,(H,9,12,13);1H3;2H,1H3;. The minimum absolute atomic E-state index is 0.0652. The van der Waals surface area contributed by atoms with Crippen LogP contribution in [0.25, 0.3) is 33.5 Å². The molecule has 0 amide bonds. The Morgan fingerprint density at radius 2 is 0.757 bits per heavy atom. The Labute approximate surface area is 687 Å². The molecule has 6 aromatic heterocycles. The molecule has 658 valence electrons. The molecule has 0 atom stereocenters. The fraction of sp³-hybridized carbons (Fsp3) is 0.767. The van der Waals surface area contributed by atoms with E-state index in [0.29, 0.717) is 120 Å². The summed E-state index contributed by atoms with van der Waals surface area (Å²) in [4.78, 5) is 109. The number of aromatic amines is 1. The van der Waals surface area contributed by atoms with Gasteiger partial charge in [0, 0.05) is 144 Å². The number of hydrogen-bond donors (Lipinski definition) is 4. The smallest absolute Gasteiger partial charge is 0.332 e. The zero-order valence-electron chi connectivity index (χ0n) is 69.2. The molecule has 0 saturated heterocycles. The molecule has 0 bridgehead atoms. The van der Waals surface area contributed by atoms with E-state index in [9.17, 15) is 55.2 Å². The van der Waals surface area contributed by atoms with Gasteiger partial charge in [-0.1, -0.05) is 0 Å². The van der Waals surface area contributed by atoms with Gasteiger partial charge in [-0.3, -0.25) is 56.0 Å². The van der Waals surface area contributed by atoms with E-state index in [1.54, 1.807) is 111 Å². The van der Waals surface area contributed by atoms with Crippen LogP contribution in [0, 0.1) is 35.5 Å². The lowest BCUT2D eigenvalue weighted by atomic mass is 9.87. The number of aliphatic hydroxyl groups excluding tert-OH is 2. The SMILES string of the molecule is CO.COC(=O)C1CCC(OC)CC1.COC1CCC(C(=O)O)CC1.COC1CCC(CO)CC1.COC1CCC(COS(C)(=O)=O)CC1.COC1CCC(Cn2c(=O)c3c(ncn3C)n(C)c2=O)CC1.COC1CCC(Cn2c(=O)c3c(ncn3C)n(C)c2=O)CC1.CS(=O)(=O)Cl.Cn1cnc2c1c(=O)[nH]c(=O)n2C.O=S(Cl)Cl. The number of carboxylic acids is 1. The molecule has 0 radical (unpaired) electrons. The molecule has 36 nitrogen and oxygen atoms in total. The van der Waals surface area contributed by atoms with Crippen LogP contribution in [0.4, 0.5) is 0 Å². The van der Waals surface area contributed by atoms with Gasteiger partial charge in [0.2, 0.25) is 18.3 Å². The minimum atomic E-state index is -3.27. The number of methoxy groups -OCH3 is 7. The monoisotopic (exact) mass is 1750 g/mol. The molecule has 115 heavy (non-hydrogen) atoms. The molecule has 6 fully saturated rings. The first-order valence-electron chi connectivity index (χ1n) is 38.1. The largest absolute Gasteiger partial charge is 0.481 e. The number of carboxylic acid groups (broad SMARTS) is 1. The lowest BCUT2D eigenvalue weighted by Gasteiger charge is -2.27. The number of aliphatic hydroxyl groups is 2. The number of esters is 1. The number of fused-ring (bicyclic) bond motifs is 3. The molecule has 0 unspecified atom stereocenters. The summed E-state index contributed by atoms with van der Waals surface area (Å²) in [5, 5.41) is 24.5. The number of carbonyl (C=O) groups is 2. The average molecular weight is 1760 g/mol. The van der Waals surface area contributed by atoms with Gasteiger partial charge in [-0.05, 0) is 178 Å². The topological polar surface area (TPSA) is 450 Å². The summed E-state index contributed by atoms with van der Waals surface area (Å²) in [6.07, 6.45) is 32.3. The predicted molar refractivity (Wildman–Crippen MR) is 440 cm³/mol. The number of imidazole rings is 3. The number of aromatic nitrogens is 12. The number of carbonyl (C=O) groups excluding carboxylic acids is 1. The average Bonchev–Trinajstić information content (AvgIpc) is 1.65. The zero-order chi connectivity index (χ0) is 86.6. The van der Waals surface area contributed by atoms with Crippen LogP contribution in [0.5, 0.6) is 0 Å². The van der Waals surface area contributed by atoms with E-state index in [0.717, 1.165) is 174 Å². The van der Waals surface area contributed by atoms with Crippen LogP contribution in [0.3, 0.4) is 0 Å². The quantitative estimate of drug-likeness (QED) is 0.0485. The molecule has 0 aliphatic heterocycles. The Balaban J connectivity index is 0.000000346. The van der Waals surface area contributed by atoms with Crippen molar-refractivity contribution in [2.45, 2.75) is 204 Å². The first kappa shape index (κ1) is 103. The molecule has 0 spiro atoms. The highest BCUT2D eigenvalue weighted by molar-refractivity contribution is 8.26. The highest BCUT2D eigenvalue weighted by atomic mass is 36.0. The van der Waals surface area contributed by atoms with E-state index in [1.807, 2.05) is 0 Å². The Kier molecular flexibility index (Phi) is 46.7. The van der Waals surface area contributed by atoms with Gasteiger partial charge in [0.15, 0.2) is 33.5 Å². The lowest BCUT2D eigenvalue weighted by molar-refractivity contribution is -0.147. The van der Waals surface area contributed by atoms with Crippen LogP contribution in [0.1, 0.15) is 154 Å². The van der Waals surface area contributed by atoms with Crippen molar-refractivity contribution in [2.24, 2.45) is 77.8 Å². The predicted octanol–water partition coefficient (Wildman–Crippen LogP) is 6.07. The van der Waals surface area contributed by atoms with Gasteiger partial charge in [0.1, 0.15) is 0 Å². The van der Waals surface area contributed by atoms with E-state index in [1.165, 1.54) is 36.3 Å². The Hall–Kier alpha value is -6.05. The molecule has 6 aliphatic rings. The third kappa shape index (κ3) is 34.7.